The molecule has 0 bridgehead atoms. The molecular formula is C21H28N4O2. The van der Waals surface area contributed by atoms with Crippen LogP contribution in [-0.2, 0) is 0 Å². The molecule has 0 unspecified atom stereocenters. The molecule has 6 nitrogen and oxygen atoms in total. The van der Waals surface area contributed by atoms with E-state index in [0.717, 1.165) is 49.6 Å². The molecule has 144 valence electrons. The normalized spacial score (nSPS) is 14.1. The van der Waals surface area contributed by atoms with Crippen molar-refractivity contribution >= 4 is 17.3 Å². The van der Waals surface area contributed by atoms with Gasteiger partial charge in [0, 0.05) is 32.7 Å². The van der Waals surface area contributed by atoms with Crippen LogP contribution in [0.1, 0.15) is 30.3 Å². The molecule has 0 spiro atoms. The second-order valence-electron chi connectivity index (χ2n) is 6.66. The Balaban J connectivity index is 1.56. The number of anilines is 2. The Kier molecular flexibility index (Phi) is 6.52. The van der Waals surface area contributed by atoms with E-state index in [1.165, 1.54) is 0 Å². The van der Waals surface area contributed by atoms with E-state index in [-0.39, 0.29) is 5.91 Å². The summed E-state index contributed by atoms with van der Waals surface area (Å²) in [6, 6.07) is 11.7. The first-order valence-electron chi connectivity index (χ1n) is 9.60. The standard InChI is InChI=1S/C21H28N4O2/c1-3-4-11-22-17-9-10-18(23-16-17)21(26)25-14-12-24(13-15-25)19-7-5-6-8-20(19)27-2/h5-10,16,22H,3-4,11-15H2,1-2H3. The van der Waals surface area contributed by atoms with E-state index in [4.69, 9.17) is 4.74 Å². The first kappa shape index (κ1) is 19.0. The Morgan fingerprint density at radius 3 is 2.59 bits per heavy atom. The molecule has 0 atom stereocenters. The summed E-state index contributed by atoms with van der Waals surface area (Å²) in [5.41, 5.74) is 2.54. The maximum atomic E-state index is 12.7. The molecule has 27 heavy (non-hydrogen) atoms. The molecule has 1 aromatic carbocycles. The number of amides is 1. The zero-order chi connectivity index (χ0) is 19.1. The number of nitrogens with zero attached hydrogens (tertiary/aromatic N) is 3. The quantitative estimate of drug-likeness (QED) is 0.760. The van der Waals surface area contributed by atoms with Crippen molar-refractivity contribution in [1.82, 2.24) is 9.88 Å². The van der Waals surface area contributed by atoms with Crippen LogP contribution in [0.5, 0.6) is 5.75 Å². The maximum absolute atomic E-state index is 12.7. The van der Waals surface area contributed by atoms with Crippen molar-refractivity contribution in [2.75, 3.05) is 50.1 Å². The van der Waals surface area contributed by atoms with Crippen LogP contribution in [0, 0.1) is 0 Å². The van der Waals surface area contributed by atoms with E-state index in [1.54, 1.807) is 13.3 Å². The van der Waals surface area contributed by atoms with Crippen LogP contribution >= 0.6 is 0 Å². The zero-order valence-electron chi connectivity index (χ0n) is 16.1. The molecular weight excluding hydrogens is 340 g/mol. The van der Waals surface area contributed by atoms with Gasteiger partial charge in [0.1, 0.15) is 11.4 Å². The van der Waals surface area contributed by atoms with Crippen LogP contribution in [0.4, 0.5) is 11.4 Å². The summed E-state index contributed by atoms with van der Waals surface area (Å²) in [5.74, 6) is 0.861. The fourth-order valence-electron chi connectivity index (χ4n) is 3.24. The predicted molar refractivity (Wildman–Crippen MR) is 109 cm³/mol. The number of para-hydroxylation sites is 2. The van der Waals surface area contributed by atoms with Gasteiger partial charge < -0.3 is 19.9 Å². The minimum atomic E-state index is -0.00483. The summed E-state index contributed by atoms with van der Waals surface area (Å²) < 4.78 is 5.45. The molecule has 1 aliphatic heterocycles. The monoisotopic (exact) mass is 368 g/mol. The van der Waals surface area contributed by atoms with Crippen molar-refractivity contribution in [3.8, 4) is 5.75 Å². The van der Waals surface area contributed by atoms with Crippen molar-refractivity contribution in [2.45, 2.75) is 19.8 Å². The highest BCUT2D eigenvalue weighted by molar-refractivity contribution is 5.92. The number of carbonyl (C=O) groups excluding carboxylic acids is 1. The fraction of sp³-hybridized carbons (Fsp3) is 0.429. The lowest BCUT2D eigenvalue weighted by Crippen LogP contribution is -2.49. The number of piperazine rings is 1. The first-order chi connectivity index (χ1) is 13.2. The molecule has 0 aliphatic carbocycles. The van der Waals surface area contributed by atoms with Gasteiger partial charge in [0.05, 0.1) is 24.7 Å². The fourth-order valence-corrected chi connectivity index (χ4v) is 3.24. The highest BCUT2D eigenvalue weighted by Crippen LogP contribution is 2.28. The second kappa shape index (κ2) is 9.26. The minimum Gasteiger partial charge on any atom is -0.495 e. The molecule has 1 fully saturated rings. The Labute approximate surface area is 161 Å². The number of pyridine rings is 1. The number of nitrogens with one attached hydrogen (secondary N) is 1. The lowest BCUT2D eigenvalue weighted by Gasteiger charge is -2.36. The van der Waals surface area contributed by atoms with E-state index in [2.05, 4.69) is 28.2 Å². The van der Waals surface area contributed by atoms with Crippen LogP contribution in [0.3, 0.4) is 0 Å². The summed E-state index contributed by atoms with van der Waals surface area (Å²) >= 11 is 0. The third-order valence-electron chi connectivity index (χ3n) is 4.83. The van der Waals surface area contributed by atoms with E-state index in [0.29, 0.717) is 18.8 Å². The van der Waals surface area contributed by atoms with Gasteiger partial charge in [-0.2, -0.15) is 0 Å². The van der Waals surface area contributed by atoms with E-state index < -0.39 is 0 Å². The van der Waals surface area contributed by atoms with Crippen LogP contribution in [-0.4, -0.2) is 55.6 Å². The zero-order valence-corrected chi connectivity index (χ0v) is 16.1. The molecule has 0 saturated carbocycles. The van der Waals surface area contributed by atoms with Gasteiger partial charge in [-0.1, -0.05) is 25.5 Å². The Morgan fingerprint density at radius 2 is 1.93 bits per heavy atom. The average molecular weight is 368 g/mol. The molecule has 1 aliphatic rings. The molecule has 3 rings (SSSR count). The summed E-state index contributed by atoms with van der Waals surface area (Å²) in [7, 11) is 1.69. The molecule has 1 N–H and O–H groups in total. The maximum Gasteiger partial charge on any atom is 0.272 e. The van der Waals surface area contributed by atoms with E-state index >= 15 is 0 Å². The third-order valence-corrected chi connectivity index (χ3v) is 4.83. The number of rotatable bonds is 7. The molecule has 6 heteroatoms. The van der Waals surface area contributed by atoms with Crippen molar-refractivity contribution in [3.05, 3.63) is 48.3 Å². The van der Waals surface area contributed by atoms with Crippen molar-refractivity contribution < 1.29 is 9.53 Å². The van der Waals surface area contributed by atoms with Gasteiger partial charge in [0.2, 0.25) is 0 Å². The number of carbonyl (C=O) groups is 1. The molecule has 2 aromatic rings. The number of benzene rings is 1. The van der Waals surface area contributed by atoms with Crippen LogP contribution < -0.4 is 15.0 Å². The van der Waals surface area contributed by atoms with Gasteiger partial charge in [-0.3, -0.25) is 4.79 Å². The first-order valence-corrected chi connectivity index (χ1v) is 9.60. The van der Waals surface area contributed by atoms with Crippen molar-refractivity contribution in [2.24, 2.45) is 0 Å². The van der Waals surface area contributed by atoms with Gasteiger partial charge in [0.15, 0.2) is 0 Å². The minimum absolute atomic E-state index is 0.00483. The summed E-state index contributed by atoms with van der Waals surface area (Å²) in [4.78, 5) is 21.2. The molecule has 0 radical (unpaired) electrons. The lowest BCUT2D eigenvalue weighted by atomic mass is 10.2. The highest BCUT2D eigenvalue weighted by atomic mass is 16.5. The Morgan fingerprint density at radius 1 is 1.15 bits per heavy atom. The number of hydrogen-bond acceptors (Lipinski definition) is 5. The van der Waals surface area contributed by atoms with Crippen molar-refractivity contribution in [1.29, 1.82) is 0 Å². The van der Waals surface area contributed by atoms with Crippen LogP contribution in [0.2, 0.25) is 0 Å². The average Bonchev–Trinajstić information content (AvgIpc) is 2.74. The number of unbranched alkanes of at least 4 members (excludes halogenated alkanes) is 1. The molecule has 1 aromatic heterocycles. The van der Waals surface area contributed by atoms with E-state index in [1.807, 2.05) is 35.2 Å². The van der Waals surface area contributed by atoms with Gasteiger partial charge in [-0.15, -0.1) is 0 Å². The summed E-state index contributed by atoms with van der Waals surface area (Å²) in [6.07, 6.45) is 4.02. The van der Waals surface area contributed by atoms with Gasteiger partial charge in [-0.05, 0) is 30.7 Å². The number of ether oxygens (including phenoxy) is 1. The SMILES string of the molecule is CCCCNc1ccc(C(=O)N2CCN(c3ccccc3OC)CC2)nc1. The molecule has 1 amide bonds. The summed E-state index contributed by atoms with van der Waals surface area (Å²) in [5, 5.41) is 3.32. The Hall–Kier alpha value is -2.76. The van der Waals surface area contributed by atoms with Crippen molar-refractivity contribution in [3.63, 3.8) is 0 Å². The van der Waals surface area contributed by atoms with Crippen LogP contribution in [0.15, 0.2) is 42.6 Å². The van der Waals surface area contributed by atoms with Gasteiger partial charge >= 0.3 is 0 Å². The molecule has 2 heterocycles. The predicted octanol–water partition coefficient (Wildman–Crippen LogP) is 3.26. The van der Waals surface area contributed by atoms with Gasteiger partial charge in [0.25, 0.3) is 5.91 Å². The number of methoxy groups -OCH3 is 1. The highest BCUT2D eigenvalue weighted by Gasteiger charge is 2.24. The topological polar surface area (TPSA) is 57.7 Å². The van der Waals surface area contributed by atoms with E-state index in [9.17, 15) is 4.79 Å². The van der Waals surface area contributed by atoms with Gasteiger partial charge in [-0.25, -0.2) is 4.98 Å². The van der Waals surface area contributed by atoms with Crippen LogP contribution in [0.25, 0.3) is 0 Å². The number of hydrogen-bond donors (Lipinski definition) is 1. The Bertz CT molecular complexity index is 740. The molecule has 1 saturated heterocycles. The number of aromatic nitrogens is 1. The third kappa shape index (κ3) is 4.70. The largest absolute Gasteiger partial charge is 0.495 e. The second-order valence-corrected chi connectivity index (χ2v) is 6.66. The lowest BCUT2D eigenvalue weighted by molar-refractivity contribution is 0.0741. The summed E-state index contributed by atoms with van der Waals surface area (Å²) in [6.45, 7) is 6.00. The smallest absolute Gasteiger partial charge is 0.272 e.